The van der Waals surface area contributed by atoms with Crippen molar-refractivity contribution in [3.63, 3.8) is 0 Å². The van der Waals surface area contributed by atoms with E-state index in [0.29, 0.717) is 17.1 Å². The number of amides is 1. The Morgan fingerprint density at radius 3 is 2.42 bits per heavy atom. The maximum atomic E-state index is 14.9. The van der Waals surface area contributed by atoms with Gasteiger partial charge >= 0.3 is 6.18 Å². The molecule has 0 bridgehead atoms. The molecule has 0 aliphatic carbocycles. The van der Waals surface area contributed by atoms with Gasteiger partial charge in [-0.05, 0) is 18.2 Å². The molecule has 1 saturated heterocycles. The maximum Gasteiger partial charge on any atom is 0.417 e. The first-order valence-corrected chi connectivity index (χ1v) is 12.2. The number of aliphatic hydroxyl groups excluding tert-OH is 2. The van der Waals surface area contributed by atoms with Crippen LogP contribution in [0.4, 0.5) is 23.2 Å². The van der Waals surface area contributed by atoms with Gasteiger partial charge in [-0.3, -0.25) is 14.4 Å². The maximum absolute atomic E-state index is 14.9. The number of halogens is 4. The molecule has 2 aromatic heterocycles. The summed E-state index contributed by atoms with van der Waals surface area (Å²) in [5.74, 6) is -2.01. The second-order valence-corrected chi connectivity index (χ2v) is 9.45. The van der Waals surface area contributed by atoms with E-state index in [1.54, 1.807) is 35.2 Å². The lowest BCUT2D eigenvalue weighted by atomic mass is 9.99. The number of β-amino-alcohol motifs (C(OH)–C–C–N with tert-alkyl or cyclic N) is 2. The van der Waals surface area contributed by atoms with E-state index in [4.69, 9.17) is 0 Å². The second-order valence-electron chi connectivity index (χ2n) is 9.45. The molecule has 3 N–H and O–H groups in total. The van der Waals surface area contributed by atoms with Crippen molar-refractivity contribution in [2.24, 2.45) is 7.05 Å². The number of hydrogen-bond donors (Lipinski definition) is 3. The average molecular weight is 557 g/mol. The Balaban J connectivity index is 1.50. The molecule has 208 valence electrons. The number of aromatic nitrogens is 4. The van der Waals surface area contributed by atoms with Crippen molar-refractivity contribution in [3.8, 4) is 22.5 Å². The number of nitrogens with zero attached hydrogens (tertiary/aromatic N) is 5. The quantitative estimate of drug-likeness (QED) is 0.312. The Morgan fingerprint density at radius 2 is 1.80 bits per heavy atom. The van der Waals surface area contributed by atoms with Crippen molar-refractivity contribution in [2.75, 3.05) is 18.4 Å². The van der Waals surface area contributed by atoms with Gasteiger partial charge in [-0.1, -0.05) is 30.3 Å². The summed E-state index contributed by atoms with van der Waals surface area (Å²) in [6, 6.07) is 11.2. The summed E-state index contributed by atoms with van der Waals surface area (Å²) in [7, 11) is 1.52. The number of carbonyl (C=O) groups is 1. The zero-order chi connectivity index (χ0) is 28.6. The van der Waals surface area contributed by atoms with Crippen LogP contribution in [0.25, 0.3) is 22.5 Å². The van der Waals surface area contributed by atoms with Crippen LogP contribution in [0.2, 0.25) is 0 Å². The molecular formula is C27H24F4N6O3. The van der Waals surface area contributed by atoms with Crippen LogP contribution in [-0.4, -0.2) is 66.1 Å². The van der Waals surface area contributed by atoms with Gasteiger partial charge in [0.2, 0.25) is 0 Å². The van der Waals surface area contributed by atoms with Crippen LogP contribution in [0, 0.1) is 5.82 Å². The molecule has 0 unspecified atom stereocenters. The minimum absolute atomic E-state index is 0.0707. The second kappa shape index (κ2) is 10.8. The Kier molecular flexibility index (Phi) is 7.36. The SMILES string of the molecule is Cn1ccc(-c2cc(C(=O)Nc3cnc(CN4C[C@@H](O)[C@@H](O)C4)nc3-c3ccccc3)c(F)cc2C(F)(F)F)n1. The van der Waals surface area contributed by atoms with Crippen molar-refractivity contribution < 1.29 is 32.6 Å². The summed E-state index contributed by atoms with van der Waals surface area (Å²) < 4.78 is 57.4. The van der Waals surface area contributed by atoms with Crippen LogP contribution in [0.1, 0.15) is 21.7 Å². The number of carbonyl (C=O) groups excluding carboxylic acids is 1. The van der Waals surface area contributed by atoms with Gasteiger partial charge in [0.15, 0.2) is 0 Å². The first kappa shape index (κ1) is 27.4. The van der Waals surface area contributed by atoms with Crippen molar-refractivity contribution in [1.29, 1.82) is 0 Å². The highest BCUT2D eigenvalue weighted by molar-refractivity contribution is 6.06. The Bertz CT molecular complexity index is 1530. The Hall–Kier alpha value is -4.20. The predicted molar refractivity (Wildman–Crippen MR) is 136 cm³/mol. The summed E-state index contributed by atoms with van der Waals surface area (Å²) in [5, 5.41) is 26.2. The van der Waals surface area contributed by atoms with E-state index in [-0.39, 0.29) is 37.1 Å². The third-order valence-electron chi connectivity index (χ3n) is 6.48. The van der Waals surface area contributed by atoms with Gasteiger partial charge in [0.25, 0.3) is 5.91 Å². The number of aliphatic hydroxyl groups is 2. The summed E-state index contributed by atoms with van der Waals surface area (Å²) >= 11 is 0. The molecule has 1 aliphatic rings. The number of rotatable bonds is 6. The van der Waals surface area contributed by atoms with E-state index in [9.17, 15) is 32.6 Å². The fourth-order valence-corrected chi connectivity index (χ4v) is 4.52. The molecule has 3 heterocycles. The number of hydrogen-bond acceptors (Lipinski definition) is 7. The third-order valence-corrected chi connectivity index (χ3v) is 6.48. The summed E-state index contributed by atoms with van der Waals surface area (Å²) in [6.07, 6.45) is -3.89. The molecule has 1 fully saturated rings. The molecule has 4 aromatic rings. The van der Waals surface area contributed by atoms with Crippen LogP contribution in [0.5, 0.6) is 0 Å². The monoisotopic (exact) mass is 556 g/mol. The van der Waals surface area contributed by atoms with E-state index in [2.05, 4.69) is 20.4 Å². The third kappa shape index (κ3) is 5.71. The van der Waals surface area contributed by atoms with Gasteiger partial charge in [0, 0.05) is 37.5 Å². The van der Waals surface area contributed by atoms with Crippen LogP contribution in [-0.2, 0) is 19.8 Å². The summed E-state index contributed by atoms with van der Waals surface area (Å²) in [5.41, 5.74) is -1.36. The van der Waals surface area contributed by atoms with Gasteiger partial charge in [-0.15, -0.1) is 0 Å². The molecule has 0 spiro atoms. The van der Waals surface area contributed by atoms with Crippen molar-refractivity contribution in [1.82, 2.24) is 24.6 Å². The number of nitrogens with one attached hydrogen (secondary N) is 1. The van der Waals surface area contributed by atoms with Gasteiger partial charge in [0.05, 0.1) is 53.2 Å². The molecule has 13 heteroatoms. The zero-order valence-corrected chi connectivity index (χ0v) is 21.1. The highest BCUT2D eigenvalue weighted by atomic mass is 19.4. The predicted octanol–water partition coefficient (Wildman–Crippen LogP) is 3.49. The van der Waals surface area contributed by atoms with Crippen LogP contribution >= 0.6 is 0 Å². The molecule has 0 saturated carbocycles. The van der Waals surface area contributed by atoms with Crippen LogP contribution < -0.4 is 5.32 Å². The van der Waals surface area contributed by atoms with Gasteiger partial charge < -0.3 is 15.5 Å². The van der Waals surface area contributed by atoms with Crippen LogP contribution in [0.15, 0.2) is 60.9 Å². The lowest BCUT2D eigenvalue weighted by Gasteiger charge is -2.17. The summed E-state index contributed by atoms with van der Waals surface area (Å²) in [6.45, 7) is 0.675. The van der Waals surface area contributed by atoms with Gasteiger partial charge in [-0.2, -0.15) is 18.3 Å². The highest BCUT2D eigenvalue weighted by Gasteiger charge is 2.36. The molecule has 5 rings (SSSR count). The van der Waals surface area contributed by atoms with Gasteiger partial charge in [-0.25, -0.2) is 14.4 Å². The standard InChI is InChI=1S/C27H24F4N6O3/c1-36-8-7-20(35-36)16-9-17(19(28)10-18(16)27(29,30)31)26(40)33-21-11-32-24(14-37-12-22(38)23(39)13-37)34-25(21)15-5-3-2-4-6-15/h2-11,22-23,38-39H,12-14H2,1H3,(H,33,40)/t22-,23+. The number of aryl methyl sites for hydroxylation is 1. The minimum Gasteiger partial charge on any atom is -0.389 e. The zero-order valence-electron chi connectivity index (χ0n) is 21.1. The molecule has 2 aromatic carbocycles. The van der Waals surface area contributed by atoms with Crippen molar-refractivity contribution in [2.45, 2.75) is 24.9 Å². The van der Waals surface area contributed by atoms with E-state index in [0.717, 1.165) is 6.07 Å². The summed E-state index contributed by atoms with van der Waals surface area (Å²) in [4.78, 5) is 23.8. The first-order chi connectivity index (χ1) is 19.0. The topological polar surface area (TPSA) is 116 Å². The van der Waals surface area contributed by atoms with E-state index in [1.165, 1.54) is 30.2 Å². The van der Waals surface area contributed by atoms with Crippen molar-refractivity contribution >= 4 is 11.6 Å². The molecule has 1 amide bonds. The number of likely N-dealkylation sites (tertiary alicyclic amines) is 1. The highest BCUT2D eigenvalue weighted by Crippen LogP contribution is 2.38. The molecular weight excluding hydrogens is 532 g/mol. The number of anilines is 1. The molecule has 1 aliphatic heterocycles. The Labute approximate surface area is 225 Å². The Morgan fingerprint density at radius 1 is 1.10 bits per heavy atom. The average Bonchev–Trinajstić information content (AvgIpc) is 3.48. The largest absolute Gasteiger partial charge is 0.417 e. The first-order valence-electron chi connectivity index (χ1n) is 12.2. The molecule has 9 nitrogen and oxygen atoms in total. The van der Waals surface area contributed by atoms with Crippen molar-refractivity contribution in [3.05, 3.63) is 83.7 Å². The lowest BCUT2D eigenvalue weighted by Crippen LogP contribution is -2.23. The molecule has 40 heavy (non-hydrogen) atoms. The van der Waals surface area contributed by atoms with Crippen LogP contribution in [0.3, 0.4) is 0 Å². The fraction of sp³-hybridized carbons (Fsp3) is 0.259. The van der Waals surface area contributed by atoms with E-state index < -0.39 is 46.8 Å². The molecule has 0 radical (unpaired) electrons. The minimum atomic E-state index is -4.88. The van der Waals surface area contributed by atoms with Gasteiger partial charge in [0.1, 0.15) is 11.6 Å². The fourth-order valence-electron chi connectivity index (χ4n) is 4.52. The number of benzene rings is 2. The number of alkyl halides is 3. The van der Waals surface area contributed by atoms with E-state index in [1.807, 2.05) is 0 Å². The lowest BCUT2D eigenvalue weighted by molar-refractivity contribution is -0.137. The van der Waals surface area contributed by atoms with E-state index >= 15 is 0 Å². The molecule has 2 atom stereocenters. The normalized spacial score (nSPS) is 17.8. The smallest absolute Gasteiger partial charge is 0.389 e.